The molecule has 0 unspecified atom stereocenters. The maximum atomic E-state index is 13.6. The van der Waals surface area contributed by atoms with Gasteiger partial charge in [0.15, 0.2) is 5.82 Å². The lowest BCUT2D eigenvalue weighted by molar-refractivity contribution is -0.107. The van der Waals surface area contributed by atoms with Crippen LogP contribution in [0, 0.1) is 28.5 Å². The third kappa shape index (κ3) is 5.52. The summed E-state index contributed by atoms with van der Waals surface area (Å²) in [5.74, 6) is 0.0489. The summed E-state index contributed by atoms with van der Waals surface area (Å²) in [6.07, 6.45) is 4.48. The molecule has 4 rings (SSSR count). The first kappa shape index (κ1) is 24.1. The normalized spacial score (nSPS) is 10.2. The Balaban J connectivity index is 1.75. The molecule has 7 nitrogen and oxygen atoms in total. The van der Waals surface area contributed by atoms with Crippen molar-refractivity contribution in [2.45, 2.75) is 13.0 Å². The second-order valence-electron chi connectivity index (χ2n) is 7.92. The monoisotopic (exact) mass is 476 g/mol. The van der Waals surface area contributed by atoms with Gasteiger partial charge in [0.2, 0.25) is 6.41 Å². The molecule has 0 saturated heterocycles. The van der Waals surface area contributed by atoms with Gasteiger partial charge in [-0.2, -0.15) is 10.5 Å². The lowest BCUT2D eigenvalue weighted by Crippen LogP contribution is -2.23. The van der Waals surface area contributed by atoms with E-state index < -0.39 is 0 Å². The molecule has 2 aromatic carbocycles. The maximum absolute atomic E-state index is 13.6. The summed E-state index contributed by atoms with van der Waals surface area (Å²) in [5.41, 5.74) is 3.45. The molecule has 0 aliphatic rings. The fraction of sp³-hybridized carbons (Fsp3) is 0.107. The number of benzene rings is 2. The number of amides is 1. The van der Waals surface area contributed by atoms with E-state index in [1.165, 1.54) is 17.0 Å². The smallest absolute Gasteiger partial charge is 0.214 e. The summed E-state index contributed by atoms with van der Waals surface area (Å²) >= 11 is 0. The molecule has 1 N–H and O–H groups in total. The van der Waals surface area contributed by atoms with Crippen molar-refractivity contribution in [3.8, 4) is 23.4 Å². The van der Waals surface area contributed by atoms with Gasteiger partial charge in [0.05, 0.1) is 35.1 Å². The van der Waals surface area contributed by atoms with E-state index >= 15 is 0 Å². The van der Waals surface area contributed by atoms with Gasteiger partial charge in [-0.3, -0.25) is 9.78 Å². The molecule has 36 heavy (non-hydrogen) atoms. The Labute approximate surface area is 208 Å². The number of pyridine rings is 2. The first-order valence-corrected chi connectivity index (χ1v) is 11.2. The molecular formula is C28H21FN6O. The van der Waals surface area contributed by atoms with Crippen molar-refractivity contribution in [3.63, 3.8) is 0 Å². The second-order valence-corrected chi connectivity index (χ2v) is 7.92. The van der Waals surface area contributed by atoms with E-state index in [9.17, 15) is 19.7 Å². The molecule has 4 aromatic rings. The Morgan fingerprint density at radius 3 is 2.50 bits per heavy atom. The number of nitrogens with zero attached hydrogens (tertiary/aromatic N) is 5. The lowest BCUT2D eigenvalue weighted by Gasteiger charge is -2.22. The van der Waals surface area contributed by atoms with Gasteiger partial charge in [-0.1, -0.05) is 36.4 Å². The van der Waals surface area contributed by atoms with Crippen LogP contribution in [0.2, 0.25) is 0 Å². The summed E-state index contributed by atoms with van der Waals surface area (Å²) in [5, 5.41) is 22.7. The minimum Gasteiger partial charge on any atom is -0.368 e. The number of carbonyl (C=O) groups is 1. The van der Waals surface area contributed by atoms with Gasteiger partial charge in [0.1, 0.15) is 11.9 Å². The molecule has 0 saturated carbocycles. The second kappa shape index (κ2) is 11.4. The Bertz CT molecular complexity index is 1460. The molecule has 0 bridgehead atoms. The third-order valence-electron chi connectivity index (χ3n) is 5.53. The fourth-order valence-electron chi connectivity index (χ4n) is 3.81. The molecule has 0 spiro atoms. The number of hydrogen-bond donors (Lipinski definition) is 1. The standard InChI is InChI=1S/C28H21FN6O/c29-24-8-3-5-20(13-24)10-12-33-28-26(35(19-36)18-21-6-4-11-32-17-21)14-23(16-31)27(34-28)25-9-2-1-7-22(25)15-30/h1-9,11,13-14,17,19H,10,12,18H2,(H,33,34). The minimum atomic E-state index is -0.316. The van der Waals surface area contributed by atoms with Crippen LogP contribution in [-0.2, 0) is 17.8 Å². The largest absolute Gasteiger partial charge is 0.368 e. The molecule has 0 aliphatic heterocycles. The van der Waals surface area contributed by atoms with Crippen molar-refractivity contribution in [2.75, 3.05) is 16.8 Å². The fourth-order valence-corrected chi connectivity index (χ4v) is 3.81. The number of nitrogens with one attached hydrogen (secondary N) is 1. The summed E-state index contributed by atoms with van der Waals surface area (Å²) in [6.45, 7) is 0.616. The lowest BCUT2D eigenvalue weighted by atomic mass is 10.0. The van der Waals surface area contributed by atoms with Crippen LogP contribution < -0.4 is 10.2 Å². The van der Waals surface area contributed by atoms with Crippen molar-refractivity contribution in [2.24, 2.45) is 0 Å². The number of hydrogen-bond acceptors (Lipinski definition) is 6. The van der Waals surface area contributed by atoms with Crippen molar-refractivity contribution in [1.29, 1.82) is 10.5 Å². The van der Waals surface area contributed by atoms with Gasteiger partial charge in [0.25, 0.3) is 0 Å². The molecule has 2 heterocycles. The predicted molar refractivity (Wildman–Crippen MR) is 134 cm³/mol. The van der Waals surface area contributed by atoms with Crippen LogP contribution in [0.25, 0.3) is 11.3 Å². The predicted octanol–water partition coefficient (Wildman–Crippen LogP) is 4.84. The van der Waals surface area contributed by atoms with Crippen molar-refractivity contribution in [3.05, 3.63) is 107 Å². The van der Waals surface area contributed by atoms with Crippen LogP contribution in [0.4, 0.5) is 15.9 Å². The van der Waals surface area contributed by atoms with E-state index in [2.05, 4.69) is 22.4 Å². The van der Waals surface area contributed by atoms with E-state index in [1.54, 1.807) is 54.9 Å². The topological polar surface area (TPSA) is 106 Å². The van der Waals surface area contributed by atoms with Crippen molar-refractivity contribution < 1.29 is 9.18 Å². The molecular weight excluding hydrogens is 455 g/mol. The minimum absolute atomic E-state index is 0.219. The van der Waals surface area contributed by atoms with Gasteiger partial charge in [-0.05, 0) is 47.9 Å². The molecule has 1 amide bonds. The van der Waals surface area contributed by atoms with Gasteiger partial charge < -0.3 is 10.2 Å². The first-order valence-electron chi connectivity index (χ1n) is 11.2. The average Bonchev–Trinajstić information content (AvgIpc) is 2.92. The molecule has 8 heteroatoms. The van der Waals surface area contributed by atoms with E-state index in [4.69, 9.17) is 4.98 Å². The van der Waals surface area contributed by atoms with Gasteiger partial charge in [-0.25, -0.2) is 9.37 Å². The highest BCUT2D eigenvalue weighted by atomic mass is 19.1. The molecule has 0 aliphatic carbocycles. The number of aromatic nitrogens is 2. The van der Waals surface area contributed by atoms with Crippen LogP contribution in [0.15, 0.2) is 79.1 Å². The Kier molecular flexibility index (Phi) is 7.60. The number of rotatable bonds is 9. The number of anilines is 2. The Morgan fingerprint density at radius 1 is 0.972 bits per heavy atom. The Hall–Kier alpha value is -5.08. The van der Waals surface area contributed by atoms with Gasteiger partial charge in [-0.15, -0.1) is 0 Å². The van der Waals surface area contributed by atoms with Crippen LogP contribution in [0.5, 0.6) is 0 Å². The molecule has 0 atom stereocenters. The molecule has 0 radical (unpaired) electrons. The summed E-state index contributed by atoms with van der Waals surface area (Å²) in [6, 6.07) is 22.7. The highest BCUT2D eigenvalue weighted by Crippen LogP contribution is 2.33. The quantitative estimate of drug-likeness (QED) is 0.347. The molecule has 176 valence electrons. The zero-order valence-electron chi connectivity index (χ0n) is 19.2. The first-order chi connectivity index (χ1) is 17.6. The Morgan fingerprint density at radius 2 is 1.78 bits per heavy atom. The summed E-state index contributed by atoms with van der Waals surface area (Å²) in [4.78, 5) is 22.4. The van der Waals surface area contributed by atoms with Gasteiger partial charge in [0, 0.05) is 24.5 Å². The van der Waals surface area contributed by atoms with Crippen LogP contribution >= 0.6 is 0 Å². The third-order valence-corrected chi connectivity index (χ3v) is 5.53. The van der Waals surface area contributed by atoms with E-state index in [0.29, 0.717) is 47.7 Å². The molecule has 2 aromatic heterocycles. The number of carbonyl (C=O) groups excluding carboxylic acids is 1. The maximum Gasteiger partial charge on any atom is 0.214 e. The highest BCUT2D eigenvalue weighted by molar-refractivity contribution is 5.86. The SMILES string of the molecule is N#Cc1ccccc1-c1nc(NCCc2cccc(F)c2)c(N(C=O)Cc2cccnc2)cc1C#N. The van der Waals surface area contributed by atoms with Crippen LogP contribution in [0.3, 0.4) is 0 Å². The van der Waals surface area contributed by atoms with Crippen molar-refractivity contribution in [1.82, 2.24) is 9.97 Å². The number of halogens is 1. The highest BCUT2D eigenvalue weighted by Gasteiger charge is 2.20. The van der Waals surface area contributed by atoms with Crippen LogP contribution in [-0.4, -0.2) is 22.9 Å². The zero-order valence-corrected chi connectivity index (χ0v) is 19.2. The average molecular weight is 477 g/mol. The summed E-state index contributed by atoms with van der Waals surface area (Å²) < 4.78 is 13.6. The van der Waals surface area contributed by atoms with Gasteiger partial charge >= 0.3 is 0 Å². The van der Waals surface area contributed by atoms with E-state index in [0.717, 1.165) is 11.1 Å². The van der Waals surface area contributed by atoms with E-state index in [-0.39, 0.29) is 17.9 Å². The summed E-state index contributed by atoms with van der Waals surface area (Å²) in [7, 11) is 0. The zero-order chi connectivity index (χ0) is 25.3. The van der Waals surface area contributed by atoms with E-state index in [1.807, 2.05) is 12.1 Å². The molecule has 0 fully saturated rings. The van der Waals surface area contributed by atoms with Crippen molar-refractivity contribution >= 4 is 17.9 Å². The number of nitriles is 2. The van der Waals surface area contributed by atoms with Crippen LogP contribution in [0.1, 0.15) is 22.3 Å².